The molecule has 0 unspecified atom stereocenters. The molecule has 0 aliphatic rings. The minimum atomic E-state index is 1.07. The number of benzene rings is 21. The third kappa shape index (κ3) is 11.6. The van der Waals surface area contributed by atoms with Crippen LogP contribution in [0, 0.1) is 0 Å². The van der Waals surface area contributed by atoms with Gasteiger partial charge in [0.15, 0.2) is 0 Å². The fourth-order valence-electron chi connectivity index (χ4n) is 17.7. The van der Waals surface area contributed by atoms with E-state index in [1.54, 1.807) is 0 Å². The topological polar surface area (TPSA) is 6.48 Å². The van der Waals surface area contributed by atoms with Crippen LogP contribution < -0.4 is 9.80 Å². The third-order valence-electron chi connectivity index (χ3n) is 23.0. The van der Waals surface area contributed by atoms with E-state index in [1.807, 2.05) is 0 Å². The average Bonchev–Trinajstić information content (AvgIpc) is 0.742. The van der Waals surface area contributed by atoms with E-state index in [1.165, 1.54) is 131 Å². The Labute approximate surface area is 651 Å². The number of para-hydroxylation sites is 2. The van der Waals surface area contributed by atoms with Gasteiger partial charge in [0.25, 0.3) is 0 Å². The second kappa shape index (κ2) is 27.8. The maximum absolute atomic E-state index is 2.46. The van der Waals surface area contributed by atoms with Crippen LogP contribution in [0.25, 0.3) is 175 Å². The molecule has 21 aromatic carbocycles. The van der Waals surface area contributed by atoms with E-state index < -0.39 is 0 Å². The molecule has 0 heterocycles. The van der Waals surface area contributed by atoms with Crippen molar-refractivity contribution in [3.8, 4) is 89.0 Å². The van der Waals surface area contributed by atoms with E-state index >= 15 is 0 Å². The summed E-state index contributed by atoms with van der Waals surface area (Å²) in [5.41, 5.74) is 25.2. The summed E-state index contributed by atoms with van der Waals surface area (Å²) in [6, 6.07) is 161. The van der Waals surface area contributed by atoms with Gasteiger partial charge in [-0.1, -0.05) is 364 Å². The molecule has 0 fully saturated rings. The standard InChI is InChI=1S/C110H72N2/c1-2-24-73(25-3-1)80-28-20-33-86(70-80)112(88-65-67-106-102-42-9-7-38-98(102)100-40-11-13-44-104(100)108(106)72-88)110-51-17-15-36-94(110)84-32-19-30-82(69-84)92-47-23-48-95-90(46-22-49-96(92)95)79-58-56-76(57-59-79)74-52-54-75(55-53-74)77-60-62-85(63-61-77)111(87-64-66-105-101-41-8-6-37-97(101)99-39-10-12-43-103(99)107(105)71-87)109-50-16-14-35-93(109)83-31-18-29-81(68-83)91-45-21-27-78-26-4-5-34-89(78)91/h1-72H. The van der Waals surface area contributed by atoms with Gasteiger partial charge >= 0.3 is 0 Å². The van der Waals surface area contributed by atoms with Gasteiger partial charge in [0.1, 0.15) is 0 Å². The van der Waals surface area contributed by atoms with Crippen molar-refractivity contribution in [2.24, 2.45) is 0 Å². The Morgan fingerprint density at radius 1 is 0.116 bits per heavy atom. The molecule has 0 N–H and O–H groups in total. The second-order valence-corrected chi connectivity index (χ2v) is 29.4. The Hall–Kier alpha value is -14.7. The van der Waals surface area contributed by atoms with E-state index in [0.717, 1.165) is 78.6 Å². The van der Waals surface area contributed by atoms with Crippen molar-refractivity contribution in [2.75, 3.05) is 9.80 Å². The highest BCUT2D eigenvalue weighted by Crippen LogP contribution is 2.49. The van der Waals surface area contributed by atoms with E-state index in [9.17, 15) is 0 Å². The summed E-state index contributed by atoms with van der Waals surface area (Å²) < 4.78 is 0. The highest BCUT2D eigenvalue weighted by molar-refractivity contribution is 6.27. The zero-order chi connectivity index (χ0) is 74.0. The van der Waals surface area contributed by atoms with Crippen LogP contribution in [-0.4, -0.2) is 0 Å². The van der Waals surface area contributed by atoms with Gasteiger partial charge in [0, 0.05) is 33.9 Å². The first-order chi connectivity index (χ1) is 55.5. The Kier molecular flexibility index (Phi) is 16.3. The summed E-state index contributed by atoms with van der Waals surface area (Å²) in [4.78, 5) is 4.91. The first-order valence-corrected chi connectivity index (χ1v) is 38.7. The molecule has 0 radical (unpaired) electrons. The molecule has 0 aromatic heterocycles. The normalized spacial score (nSPS) is 11.6. The number of hydrogen-bond donors (Lipinski definition) is 0. The monoisotopic (exact) mass is 1420 g/mol. The second-order valence-electron chi connectivity index (χ2n) is 29.4. The lowest BCUT2D eigenvalue weighted by Crippen LogP contribution is -2.11. The van der Waals surface area contributed by atoms with E-state index in [-0.39, 0.29) is 0 Å². The SMILES string of the molecule is c1ccc(-c2cccc(N(c3ccc4c5ccccc5c5ccccc5c4c3)c3ccccc3-c3cccc(-c4cccc5c(-c6ccc(-c7ccc(-c8ccc(N(c9ccc%10c%11ccccc%11c%11ccccc%11c%10c9)c9ccccc9-c9cccc(-c%10cccc%11ccccc%10%11)c9)cc8)cc7)cc6)cccc45)c3)c2)cc1. The first-order valence-electron chi connectivity index (χ1n) is 38.7. The van der Waals surface area contributed by atoms with Crippen LogP contribution in [0.2, 0.25) is 0 Å². The summed E-state index contributed by atoms with van der Waals surface area (Å²) >= 11 is 0. The highest BCUT2D eigenvalue weighted by Gasteiger charge is 2.24. The molecule has 0 saturated carbocycles. The van der Waals surface area contributed by atoms with Gasteiger partial charge in [-0.15, -0.1) is 0 Å². The lowest BCUT2D eigenvalue weighted by molar-refractivity contribution is 1.29. The summed E-state index contributed by atoms with van der Waals surface area (Å²) in [6.45, 7) is 0. The maximum atomic E-state index is 2.46. The van der Waals surface area contributed by atoms with E-state index in [4.69, 9.17) is 0 Å². The third-order valence-corrected chi connectivity index (χ3v) is 23.0. The van der Waals surface area contributed by atoms with Gasteiger partial charge in [0.05, 0.1) is 11.4 Å². The fraction of sp³-hybridized carbons (Fsp3) is 0. The predicted octanol–water partition coefficient (Wildman–Crippen LogP) is 31.2. The molecule has 21 rings (SSSR count). The molecule has 0 spiro atoms. The van der Waals surface area contributed by atoms with Crippen molar-refractivity contribution in [1.82, 2.24) is 0 Å². The predicted molar refractivity (Wildman–Crippen MR) is 479 cm³/mol. The van der Waals surface area contributed by atoms with Gasteiger partial charge in [-0.3, -0.25) is 0 Å². The summed E-state index contributed by atoms with van der Waals surface area (Å²) in [6.07, 6.45) is 0. The lowest BCUT2D eigenvalue weighted by Gasteiger charge is -2.29. The van der Waals surface area contributed by atoms with E-state index in [2.05, 4.69) is 447 Å². The van der Waals surface area contributed by atoms with Crippen LogP contribution in [0.1, 0.15) is 0 Å². The molecular weight excluding hydrogens is 1350 g/mol. The molecular formula is C110H72N2. The molecule has 522 valence electrons. The van der Waals surface area contributed by atoms with Crippen molar-refractivity contribution in [2.45, 2.75) is 0 Å². The van der Waals surface area contributed by atoms with Crippen molar-refractivity contribution in [3.05, 3.63) is 437 Å². The Balaban J connectivity index is 0.589. The summed E-state index contributed by atoms with van der Waals surface area (Å²) in [5.74, 6) is 0. The van der Waals surface area contributed by atoms with Crippen molar-refractivity contribution < 1.29 is 0 Å². The largest absolute Gasteiger partial charge is 0.310 e. The molecule has 0 amide bonds. The van der Waals surface area contributed by atoms with Crippen LogP contribution >= 0.6 is 0 Å². The number of nitrogens with zero attached hydrogens (tertiary/aromatic N) is 2. The lowest BCUT2D eigenvalue weighted by atomic mass is 9.91. The summed E-state index contributed by atoms with van der Waals surface area (Å²) in [7, 11) is 0. The van der Waals surface area contributed by atoms with Crippen molar-refractivity contribution in [3.63, 3.8) is 0 Å². The molecule has 112 heavy (non-hydrogen) atoms. The highest BCUT2D eigenvalue weighted by atomic mass is 15.2. The van der Waals surface area contributed by atoms with Gasteiger partial charge in [-0.05, 0) is 237 Å². The smallest absolute Gasteiger partial charge is 0.0540 e. The number of rotatable bonds is 14. The molecule has 21 aromatic rings. The van der Waals surface area contributed by atoms with Crippen LogP contribution in [0.4, 0.5) is 34.1 Å². The average molecular weight is 1420 g/mol. The Morgan fingerprint density at radius 3 is 0.866 bits per heavy atom. The molecule has 2 heteroatoms. The van der Waals surface area contributed by atoms with Gasteiger partial charge < -0.3 is 9.80 Å². The molecule has 0 bridgehead atoms. The number of anilines is 6. The number of hydrogen-bond acceptors (Lipinski definition) is 2. The molecule has 0 atom stereocenters. The van der Waals surface area contributed by atoms with Gasteiger partial charge in [-0.25, -0.2) is 0 Å². The zero-order valence-electron chi connectivity index (χ0n) is 61.5. The van der Waals surface area contributed by atoms with Gasteiger partial charge in [0.2, 0.25) is 0 Å². The molecule has 0 aliphatic carbocycles. The van der Waals surface area contributed by atoms with Gasteiger partial charge in [-0.2, -0.15) is 0 Å². The minimum absolute atomic E-state index is 1.07. The van der Waals surface area contributed by atoms with Crippen LogP contribution in [-0.2, 0) is 0 Å². The molecule has 0 aliphatic heterocycles. The maximum Gasteiger partial charge on any atom is 0.0540 e. The van der Waals surface area contributed by atoms with Crippen LogP contribution in [0.5, 0.6) is 0 Å². The van der Waals surface area contributed by atoms with Crippen molar-refractivity contribution in [1.29, 1.82) is 0 Å². The summed E-state index contributed by atoms with van der Waals surface area (Å²) in [5, 5.41) is 19.9. The Morgan fingerprint density at radius 2 is 0.384 bits per heavy atom. The quantitative estimate of drug-likeness (QED) is 0.100. The minimum Gasteiger partial charge on any atom is -0.310 e. The van der Waals surface area contributed by atoms with Crippen LogP contribution in [0.3, 0.4) is 0 Å². The molecule has 0 saturated heterocycles. The van der Waals surface area contributed by atoms with E-state index in [0.29, 0.717) is 0 Å². The van der Waals surface area contributed by atoms with Crippen molar-refractivity contribution >= 4 is 120 Å². The first kappa shape index (κ1) is 65.6. The number of fused-ring (bicyclic) bond motifs is 14. The Bertz CT molecular complexity index is 7160. The van der Waals surface area contributed by atoms with Crippen LogP contribution in [0.15, 0.2) is 437 Å². The zero-order valence-corrected chi connectivity index (χ0v) is 61.5. The molecule has 2 nitrogen and oxygen atoms in total. The fourth-order valence-corrected chi connectivity index (χ4v) is 17.7.